The van der Waals surface area contributed by atoms with E-state index in [1.807, 2.05) is 6.92 Å². The SMILES string of the molecule is CCCCN1C(=O)SC(=Cc2ccc(O)c(OC)c2)C1=O. The minimum absolute atomic E-state index is 0.0331. The summed E-state index contributed by atoms with van der Waals surface area (Å²) in [5.41, 5.74) is 0.700. The number of hydrogen-bond acceptors (Lipinski definition) is 5. The lowest BCUT2D eigenvalue weighted by Crippen LogP contribution is -2.29. The van der Waals surface area contributed by atoms with Crippen LogP contribution in [0.1, 0.15) is 25.3 Å². The van der Waals surface area contributed by atoms with Crippen LogP contribution in [0.15, 0.2) is 23.1 Å². The molecule has 2 amide bonds. The van der Waals surface area contributed by atoms with Crippen LogP contribution in [0, 0.1) is 0 Å². The van der Waals surface area contributed by atoms with Gasteiger partial charge in [-0.1, -0.05) is 19.4 Å². The van der Waals surface area contributed by atoms with Crippen molar-refractivity contribution in [1.82, 2.24) is 4.90 Å². The summed E-state index contributed by atoms with van der Waals surface area (Å²) in [5.74, 6) is 0.102. The molecule has 0 spiro atoms. The number of phenolic OH excluding ortho intramolecular Hbond substituents is 1. The highest BCUT2D eigenvalue weighted by atomic mass is 32.2. The zero-order valence-corrected chi connectivity index (χ0v) is 12.8. The molecule has 0 atom stereocenters. The van der Waals surface area contributed by atoms with Crippen LogP contribution >= 0.6 is 11.8 Å². The molecule has 5 nitrogen and oxygen atoms in total. The van der Waals surface area contributed by atoms with Crippen molar-refractivity contribution in [2.75, 3.05) is 13.7 Å². The molecule has 6 heteroatoms. The number of thioether (sulfide) groups is 1. The Balaban J connectivity index is 2.22. The largest absolute Gasteiger partial charge is 0.504 e. The zero-order chi connectivity index (χ0) is 15.4. The second kappa shape index (κ2) is 6.67. The quantitative estimate of drug-likeness (QED) is 0.846. The Bertz CT molecular complexity index is 597. The minimum atomic E-state index is -0.259. The normalized spacial score (nSPS) is 16.9. The molecule has 1 fully saturated rings. The molecule has 0 unspecified atom stereocenters. The average Bonchev–Trinajstić information content (AvgIpc) is 2.73. The predicted molar refractivity (Wildman–Crippen MR) is 82.2 cm³/mol. The van der Waals surface area contributed by atoms with Crippen molar-refractivity contribution in [3.63, 3.8) is 0 Å². The summed E-state index contributed by atoms with van der Waals surface area (Å²) in [6.07, 6.45) is 3.37. The molecule has 0 radical (unpaired) electrons. The Hall–Kier alpha value is -1.95. The van der Waals surface area contributed by atoms with Crippen molar-refractivity contribution in [3.8, 4) is 11.5 Å². The fraction of sp³-hybridized carbons (Fsp3) is 0.333. The van der Waals surface area contributed by atoms with E-state index in [0.717, 1.165) is 24.6 Å². The molecule has 21 heavy (non-hydrogen) atoms. The highest BCUT2D eigenvalue weighted by molar-refractivity contribution is 8.18. The number of carbonyl (C=O) groups is 2. The summed E-state index contributed by atoms with van der Waals surface area (Å²) in [6, 6.07) is 4.78. The van der Waals surface area contributed by atoms with Crippen LogP contribution in [0.2, 0.25) is 0 Å². The van der Waals surface area contributed by atoms with Crippen LogP contribution in [0.25, 0.3) is 6.08 Å². The number of unbranched alkanes of at least 4 members (excludes halogenated alkanes) is 1. The van der Waals surface area contributed by atoms with Gasteiger partial charge in [0.25, 0.3) is 11.1 Å². The molecule has 1 aliphatic rings. The van der Waals surface area contributed by atoms with E-state index in [2.05, 4.69) is 0 Å². The van der Waals surface area contributed by atoms with Gasteiger partial charge >= 0.3 is 0 Å². The van der Waals surface area contributed by atoms with Crippen LogP contribution in [0.5, 0.6) is 11.5 Å². The van der Waals surface area contributed by atoms with Gasteiger partial charge in [-0.25, -0.2) is 0 Å². The highest BCUT2D eigenvalue weighted by Crippen LogP contribution is 2.34. The van der Waals surface area contributed by atoms with Gasteiger partial charge in [-0.05, 0) is 42.0 Å². The molecule has 0 saturated carbocycles. The van der Waals surface area contributed by atoms with Crippen molar-refractivity contribution < 1.29 is 19.4 Å². The van der Waals surface area contributed by atoms with Crippen LogP contribution in [0.4, 0.5) is 4.79 Å². The number of phenols is 1. The number of rotatable bonds is 5. The van der Waals surface area contributed by atoms with Gasteiger partial charge in [-0.15, -0.1) is 0 Å². The summed E-state index contributed by atoms with van der Waals surface area (Å²) in [7, 11) is 1.46. The number of aromatic hydroxyl groups is 1. The number of amides is 2. The number of imide groups is 1. The van der Waals surface area contributed by atoms with Gasteiger partial charge in [0.15, 0.2) is 11.5 Å². The molecule has 1 saturated heterocycles. The van der Waals surface area contributed by atoms with Crippen LogP contribution in [0.3, 0.4) is 0 Å². The fourth-order valence-electron chi connectivity index (χ4n) is 1.94. The highest BCUT2D eigenvalue weighted by Gasteiger charge is 2.34. The Morgan fingerprint density at radius 3 is 2.81 bits per heavy atom. The Labute approximate surface area is 127 Å². The van der Waals surface area contributed by atoms with Crippen molar-refractivity contribution in [2.24, 2.45) is 0 Å². The summed E-state index contributed by atoms with van der Waals surface area (Å²) < 4.78 is 5.02. The smallest absolute Gasteiger partial charge is 0.293 e. The van der Waals surface area contributed by atoms with Crippen LogP contribution < -0.4 is 4.74 Å². The standard InChI is InChI=1S/C15H17NO4S/c1-3-4-7-16-14(18)13(21-15(16)19)9-10-5-6-11(17)12(8-10)20-2/h5-6,8-9,17H,3-4,7H2,1-2H3. The number of benzene rings is 1. The maximum absolute atomic E-state index is 12.2. The maximum atomic E-state index is 12.2. The molecule has 1 heterocycles. The molecule has 1 aromatic rings. The van der Waals surface area contributed by atoms with E-state index in [4.69, 9.17) is 4.74 Å². The van der Waals surface area contributed by atoms with Crippen molar-refractivity contribution in [3.05, 3.63) is 28.7 Å². The number of nitrogens with zero attached hydrogens (tertiary/aromatic N) is 1. The fourth-order valence-corrected chi connectivity index (χ4v) is 2.81. The van der Waals surface area contributed by atoms with E-state index in [1.54, 1.807) is 18.2 Å². The van der Waals surface area contributed by atoms with E-state index >= 15 is 0 Å². The molecule has 0 aromatic heterocycles. The van der Waals surface area contributed by atoms with E-state index in [-0.39, 0.29) is 16.9 Å². The molecule has 112 valence electrons. The van der Waals surface area contributed by atoms with Crippen molar-refractivity contribution in [2.45, 2.75) is 19.8 Å². The van der Waals surface area contributed by atoms with Crippen molar-refractivity contribution in [1.29, 1.82) is 0 Å². The first kappa shape index (κ1) is 15.4. The molecular formula is C15H17NO4S. The van der Waals surface area contributed by atoms with Gasteiger partial charge in [0.2, 0.25) is 0 Å². The van der Waals surface area contributed by atoms with E-state index < -0.39 is 0 Å². The van der Waals surface area contributed by atoms with Gasteiger partial charge in [0, 0.05) is 6.54 Å². The molecule has 1 N–H and O–H groups in total. The second-order valence-corrected chi connectivity index (χ2v) is 5.61. The lowest BCUT2D eigenvalue weighted by molar-refractivity contribution is -0.122. The summed E-state index contributed by atoms with van der Waals surface area (Å²) in [5, 5.41) is 9.32. The predicted octanol–water partition coefficient (Wildman–Crippen LogP) is 3.24. The third kappa shape index (κ3) is 3.39. The summed E-state index contributed by atoms with van der Waals surface area (Å²) in [6.45, 7) is 2.47. The van der Waals surface area contributed by atoms with E-state index in [9.17, 15) is 14.7 Å². The molecule has 0 aliphatic carbocycles. The first-order valence-electron chi connectivity index (χ1n) is 6.69. The first-order chi connectivity index (χ1) is 10.1. The Morgan fingerprint density at radius 1 is 1.38 bits per heavy atom. The number of carbonyl (C=O) groups excluding carboxylic acids is 2. The maximum Gasteiger partial charge on any atom is 0.293 e. The average molecular weight is 307 g/mol. The van der Waals surface area contributed by atoms with Gasteiger partial charge in [0.05, 0.1) is 12.0 Å². The molecule has 0 bridgehead atoms. The van der Waals surface area contributed by atoms with Gasteiger partial charge in [-0.3, -0.25) is 14.5 Å². The summed E-state index contributed by atoms with van der Waals surface area (Å²) >= 11 is 0.940. The molecule has 2 rings (SSSR count). The Kier molecular flexibility index (Phi) is 4.90. The zero-order valence-electron chi connectivity index (χ0n) is 12.0. The topological polar surface area (TPSA) is 66.8 Å². The third-order valence-electron chi connectivity index (χ3n) is 3.11. The van der Waals surface area contributed by atoms with Crippen LogP contribution in [-0.2, 0) is 4.79 Å². The minimum Gasteiger partial charge on any atom is -0.504 e. The van der Waals surface area contributed by atoms with Crippen molar-refractivity contribution >= 4 is 29.0 Å². The first-order valence-corrected chi connectivity index (χ1v) is 7.50. The van der Waals surface area contributed by atoms with Gasteiger partial charge < -0.3 is 9.84 Å². The molecular weight excluding hydrogens is 290 g/mol. The third-order valence-corrected chi connectivity index (χ3v) is 4.02. The van der Waals surface area contributed by atoms with E-state index in [0.29, 0.717) is 22.8 Å². The molecule has 1 aromatic carbocycles. The lowest BCUT2D eigenvalue weighted by atomic mass is 10.2. The summed E-state index contributed by atoms with van der Waals surface area (Å²) in [4.78, 5) is 25.7. The number of hydrogen-bond donors (Lipinski definition) is 1. The van der Waals surface area contributed by atoms with Gasteiger partial charge in [0.1, 0.15) is 0 Å². The Morgan fingerprint density at radius 2 is 2.14 bits per heavy atom. The second-order valence-electron chi connectivity index (χ2n) is 4.62. The molecule has 1 aliphatic heterocycles. The lowest BCUT2D eigenvalue weighted by Gasteiger charge is -2.10. The van der Waals surface area contributed by atoms with E-state index in [1.165, 1.54) is 18.1 Å². The monoisotopic (exact) mass is 307 g/mol. The van der Waals surface area contributed by atoms with Crippen LogP contribution in [-0.4, -0.2) is 34.8 Å². The number of methoxy groups -OCH3 is 1. The van der Waals surface area contributed by atoms with Gasteiger partial charge in [-0.2, -0.15) is 0 Å². The number of ether oxygens (including phenoxy) is 1.